The fourth-order valence-corrected chi connectivity index (χ4v) is 6.11. The van der Waals surface area contributed by atoms with Crippen molar-refractivity contribution in [3.63, 3.8) is 0 Å². The van der Waals surface area contributed by atoms with Crippen LogP contribution in [0.1, 0.15) is 35.6 Å². The van der Waals surface area contributed by atoms with Gasteiger partial charge in [0.15, 0.2) is 0 Å². The van der Waals surface area contributed by atoms with E-state index in [-0.39, 0.29) is 6.10 Å². The Hall–Kier alpha value is -0.810. The number of hydrogen-bond donors (Lipinski definition) is 1. The van der Waals surface area contributed by atoms with Gasteiger partial charge in [-0.25, -0.2) is 0 Å². The monoisotopic (exact) mass is 416 g/mol. The highest BCUT2D eigenvalue weighted by Crippen LogP contribution is 2.43. The van der Waals surface area contributed by atoms with Crippen LogP contribution in [0.4, 0.5) is 0 Å². The number of rotatable bonds is 2. The highest BCUT2D eigenvalue weighted by molar-refractivity contribution is 9.10. The number of piperidine rings is 3. The SMILES string of the molecule is Brc1ccc2c(c1)[C@H](O[C@H]1C[NH+]3CCC1CC3)c1ccccc1CS2. The molecule has 2 nitrogen and oxygen atoms in total. The molecule has 4 heteroatoms. The Balaban J connectivity index is 1.56. The molecule has 4 aliphatic rings. The van der Waals surface area contributed by atoms with Gasteiger partial charge in [0.2, 0.25) is 0 Å². The maximum absolute atomic E-state index is 6.90. The van der Waals surface area contributed by atoms with Crippen LogP contribution in [-0.2, 0) is 10.5 Å². The van der Waals surface area contributed by atoms with Crippen molar-refractivity contribution in [2.24, 2.45) is 5.92 Å². The van der Waals surface area contributed by atoms with Crippen molar-refractivity contribution in [3.05, 3.63) is 63.6 Å². The van der Waals surface area contributed by atoms with Crippen LogP contribution < -0.4 is 4.90 Å². The largest absolute Gasteiger partial charge is 0.359 e. The van der Waals surface area contributed by atoms with Gasteiger partial charge >= 0.3 is 0 Å². The van der Waals surface area contributed by atoms with Crippen LogP contribution in [0.5, 0.6) is 0 Å². The lowest BCUT2D eigenvalue weighted by molar-refractivity contribution is -0.920. The van der Waals surface area contributed by atoms with Crippen molar-refractivity contribution < 1.29 is 9.64 Å². The number of quaternary nitrogens is 1. The van der Waals surface area contributed by atoms with Gasteiger partial charge < -0.3 is 9.64 Å². The zero-order valence-electron chi connectivity index (χ0n) is 14.2. The van der Waals surface area contributed by atoms with Crippen molar-refractivity contribution in [1.82, 2.24) is 0 Å². The fourth-order valence-electron chi connectivity index (χ4n) is 4.66. The molecule has 0 radical (unpaired) electrons. The molecule has 130 valence electrons. The second-order valence-corrected chi connectivity index (χ2v) is 9.45. The van der Waals surface area contributed by atoms with E-state index in [9.17, 15) is 0 Å². The Morgan fingerprint density at radius 3 is 2.68 bits per heavy atom. The van der Waals surface area contributed by atoms with Gasteiger partial charge in [0.1, 0.15) is 18.8 Å². The van der Waals surface area contributed by atoms with Crippen molar-refractivity contribution in [3.8, 4) is 0 Å². The first-order valence-corrected chi connectivity index (χ1v) is 11.0. The lowest BCUT2D eigenvalue weighted by atomic mass is 9.85. The minimum atomic E-state index is 0.0589. The highest BCUT2D eigenvalue weighted by Gasteiger charge is 2.40. The van der Waals surface area contributed by atoms with E-state index >= 15 is 0 Å². The molecule has 2 aromatic rings. The van der Waals surface area contributed by atoms with Gasteiger partial charge in [-0.1, -0.05) is 40.2 Å². The molecule has 4 heterocycles. The summed E-state index contributed by atoms with van der Waals surface area (Å²) in [6, 6.07) is 15.5. The van der Waals surface area contributed by atoms with E-state index in [1.54, 1.807) is 4.90 Å². The molecule has 0 amide bonds. The quantitative estimate of drug-likeness (QED) is 0.798. The van der Waals surface area contributed by atoms with Crippen molar-refractivity contribution in [2.75, 3.05) is 19.6 Å². The predicted molar refractivity (Wildman–Crippen MR) is 105 cm³/mol. The van der Waals surface area contributed by atoms with E-state index in [4.69, 9.17) is 4.74 Å². The first kappa shape index (κ1) is 16.4. The standard InChI is InChI=1S/C21H22BrNOS/c22-16-5-6-20-18(11-16)21(17-4-2-1-3-15(17)13-25-20)24-19-12-23-9-7-14(19)8-10-23/h1-6,11,14,19,21H,7-10,12-13H2/p+1/t19-,21+/m0/s1. The van der Waals surface area contributed by atoms with Gasteiger partial charge in [-0.2, -0.15) is 0 Å². The molecule has 1 N–H and O–H groups in total. The molecule has 25 heavy (non-hydrogen) atoms. The second kappa shape index (κ2) is 6.73. The number of thioether (sulfide) groups is 1. The summed E-state index contributed by atoms with van der Waals surface area (Å²) in [5.74, 6) is 1.77. The average Bonchev–Trinajstić information content (AvgIpc) is 2.80. The molecule has 3 saturated heterocycles. The molecule has 2 aromatic carbocycles. The zero-order valence-corrected chi connectivity index (χ0v) is 16.6. The number of ether oxygens (including phenoxy) is 1. The number of hydrogen-bond acceptors (Lipinski definition) is 2. The Morgan fingerprint density at radius 2 is 1.88 bits per heavy atom. The highest BCUT2D eigenvalue weighted by atomic mass is 79.9. The molecule has 2 atom stereocenters. The zero-order chi connectivity index (χ0) is 16.8. The first-order valence-electron chi connectivity index (χ1n) is 9.27. The van der Waals surface area contributed by atoms with E-state index in [2.05, 4.69) is 58.4 Å². The number of benzene rings is 2. The van der Waals surface area contributed by atoms with Crippen LogP contribution >= 0.6 is 27.7 Å². The maximum Gasteiger partial charge on any atom is 0.111 e. The Kier molecular flexibility index (Phi) is 4.41. The van der Waals surface area contributed by atoms with Gasteiger partial charge in [-0.3, -0.25) is 0 Å². The first-order chi connectivity index (χ1) is 12.3. The molecule has 0 saturated carbocycles. The molecule has 0 aromatic heterocycles. The third-order valence-electron chi connectivity index (χ3n) is 6.04. The molecule has 0 unspecified atom stereocenters. The topological polar surface area (TPSA) is 13.7 Å². The summed E-state index contributed by atoms with van der Waals surface area (Å²) >= 11 is 5.61. The number of halogens is 1. The van der Waals surface area contributed by atoms with Crippen molar-refractivity contribution in [1.29, 1.82) is 0 Å². The normalized spacial score (nSPS) is 30.4. The summed E-state index contributed by atoms with van der Waals surface area (Å²) in [6.45, 7) is 3.85. The van der Waals surface area contributed by atoms with Gasteiger partial charge in [0.25, 0.3) is 0 Å². The third kappa shape index (κ3) is 3.08. The molecule has 4 aliphatic heterocycles. The molecular weight excluding hydrogens is 394 g/mol. The number of nitrogens with one attached hydrogen (secondary N) is 1. The van der Waals surface area contributed by atoms with Crippen molar-refractivity contribution >= 4 is 27.7 Å². The van der Waals surface area contributed by atoms with Crippen molar-refractivity contribution in [2.45, 2.75) is 35.7 Å². The smallest absolute Gasteiger partial charge is 0.111 e. The Morgan fingerprint density at radius 1 is 1.04 bits per heavy atom. The Bertz CT molecular complexity index is 787. The van der Waals surface area contributed by atoms with E-state index in [0.717, 1.165) is 16.1 Å². The average molecular weight is 417 g/mol. The summed E-state index contributed by atoms with van der Waals surface area (Å²) in [4.78, 5) is 3.09. The molecule has 6 rings (SSSR count). The van der Waals surface area contributed by atoms with Crippen LogP contribution in [0, 0.1) is 5.92 Å². The van der Waals surface area contributed by atoms with Crippen LogP contribution in [0.2, 0.25) is 0 Å². The van der Waals surface area contributed by atoms with Crippen LogP contribution in [0.3, 0.4) is 0 Å². The maximum atomic E-state index is 6.90. The van der Waals surface area contributed by atoms with E-state index in [1.807, 2.05) is 11.8 Å². The lowest BCUT2D eigenvalue weighted by Crippen LogP contribution is -3.16. The van der Waals surface area contributed by atoms with Crippen LogP contribution in [-0.4, -0.2) is 25.7 Å². The second-order valence-electron chi connectivity index (χ2n) is 7.52. The summed E-state index contributed by atoms with van der Waals surface area (Å²) in [6.07, 6.45) is 3.11. The predicted octanol–water partition coefficient (Wildman–Crippen LogP) is 3.84. The van der Waals surface area contributed by atoms with Gasteiger partial charge in [-0.05, 0) is 34.9 Å². The third-order valence-corrected chi connectivity index (χ3v) is 7.67. The summed E-state index contributed by atoms with van der Waals surface area (Å²) in [5, 5.41) is 0. The minimum absolute atomic E-state index is 0.0589. The van der Waals surface area contributed by atoms with Gasteiger partial charge in [0.05, 0.1) is 13.1 Å². The fraction of sp³-hybridized carbons (Fsp3) is 0.429. The van der Waals surface area contributed by atoms with E-state index in [0.29, 0.717) is 6.10 Å². The van der Waals surface area contributed by atoms with E-state index in [1.165, 1.54) is 54.1 Å². The summed E-state index contributed by atoms with van der Waals surface area (Å²) in [5.41, 5.74) is 4.10. The molecule has 0 spiro atoms. The molecular formula is C21H23BrNOS+. The molecule has 0 aliphatic carbocycles. The Labute approximate surface area is 162 Å². The van der Waals surface area contributed by atoms with Crippen LogP contribution in [0.25, 0.3) is 0 Å². The number of fused-ring (bicyclic) bond motifs is 5. The molecule has 3 fully saturated rings. The van der Waals surface area contributed by atoms with Crippen LogP contribution in [0.15, 0.2) is 51.8 Å². The van der Waals surface area contributed by atoms with E-state index < -0.39 is 0 Å². The molecule has 2 bridgehead atoms. The summed E-state index contributed by atoms with van der Waals surface area (Å²) in [7, 11) is 0. The minimum Gasteiger partial charge on any atom is -0.359 e. The van der Waals surface area contributed by atoms with Gasteiger partial charge in [0, 0.05) is 33.9 Å². The lowest BCUT2D eigenvalue weighted by Gasteiger charge is -2.43. The summed E-state index contributed by atoms with van der Waals surface area (Å²) < 4.78 is 8.04. The van der Waals surface area contributed by atoms with Gasteiger partial charge in [-0.15, -0.1) is 11.8 Å².